The fourth-order valence-electron chi connectivity index (χ4n) is 2.39. The first-order chi connectivity index (χ1) is 8.16. The second-order valence-electron chi connectivity index (χ2n) is 4.81. The molecule has 2 rings (SSSR count). The molecular formula is C13H18ClNOS. The van der Waals surface area contributed by atoms with Gasteiger partial charge in [-0.15, -0.1) is 11.3 Å². The number of piperidine rings is 1. The largest absolute Gasteiger partial charge is 0.316 e. The molecule has 4 heteroatoms. The van der Waals surface area contributed by atoms with Gasteiger partial charge in [-0.25, -0.2) is 0 Å². The van der Waals surface area contributed by atoms with E-state index in [0.29, 0.717) is 22.6 Å². The van der Waals surface area contributed by atoms with Crippen molar-refractivity contribution in [3.8, 4) is 0 Å². The molecule has 1 saturated heterocycles. The zero-order chi connectivity index (χ0) is 12.3. The van der Waals surface area contributed by atoms with Gasteiger partial charge >= 0.3 is 0 Å². The number of carbonyl (C=O) groups excluding carboxylic acids is 1. The van der Waals surface area contributed by atoms with Crippen molar-refractivity contribution in [1.29, 1.82) is 0 Å². The molecule has 0 aliphatic carbocycles. The summed E-state index contributed by atoms with van der Waals surface area (Å²) in [6.07, 6.45) is 3.11. The SMILES string of the molecule is CC(CC(=O)c1ccc(Cl)s1)C1CCCNC1. The lowest BCUT2D eigenvalue weighted by Gasteiger charge is -2.27. The molecule has 1 aliphatic heterocycles. The van der Waals surface area contributed by atoms with Crippen molar-refractivity contribution < 1.29 is 4.79 Å². The lowest BCUT2D eigenvalue weighted by molar-refractivity contribution is 0.0947. The lowest BCUT2D eigenvalue weighted by Crippen LogP contribution is -2.33. The van der Waals surface area contributed by atoms with Gasteiger partial charge in [0.2, 0.25) is 0 Å². The smallest absolute Gasteiger partial charge is 0.173 e. The van der Waals surface area contributed by atoms with E-state index in [2.05, 4.69) is 12.2 Å². The number of halogens is 1. The molecule has 1 N–H and O–H groups in total. The molecular weight excluding hydrogens is 254 g/mol. The quantitative estimate of drug-likeness (QED) is 0.848. The van der Waals surface area contributed by atoms with E-state index >= 15 is 0 Å². The van der Waals surface area contributed by atoms with Gasteiger partial charge in [-0.05, 0) is 49.9 Å². The van der Waals surface area contributed by atoms with E-state index in [1.54, 1.807) is 6.07 Å². The van der Waals surface area contributed by atoms with Gasteiger partial charge in [0.05, 0.1) is 9.21 Å². The van der Waals surface area contributed by atoms with Crippen LogP contribution in [-0.4, -0.2) is 18.9 Å². The van der Waals surface area contributed by atoms with E-state index in [0.717, 1.165) is 18.0 Å². The molecule has 17 heavy (non-hydrogen) atoms. The number of carbonyl (C=O) groups is 1. The van der Waals surface area contributed by atoms with Crippen LogP contribution in [0.2, 0.25) is 4.34 Å². The Balaban J connectivity index is 1.89. The number of nitrogens with one attached hydrogen (secondary N) is 1. The van der Waals surface area contributed by atoms with E-state index in [4.69, 9.17) is 11.6 Å². The highest BCUT2D eigenvalue weighted by molar-refractivity contribution is 7.18. The summed E-state index contributed by atoms with van der Waals surface area (Å²) in [5, 5.41) is 3.40. The Morgan fingerprint density at radius 1 is 1.65 bits per heavy atom. The first kappa shape index (κ1) is 13.1. The van der Waals surface area contributed by atoms with Crippen molar-refractivity contribution in [2.45, 2.75) is 26.2 Å². The average molecular weight is 272 g/mol. The van der Waals surface area contributed by atoms with Crippen LogP contribution in [0, 0.1) is 11.8 Å². The van der Waals surface area contributed by atoms with Crippen LogP contribution in [0.3, 0.4) is 0 Å². The van der Waals surface area contributed by atoms with Crippen LogP contribution in [0.15, 0.2) is 12.1 Å². The second kappa shape index (κ2) is 5.98. The first-order valence-electron chi connectivity index (χ1n) is 6.16. The average Bonchev–Trinajstić information content (AvgIpc) is 2.77. The highest BCUT2D eigenvalue weighted by atomic mass is 35.5. The molecule has 2 heterocycles. The number of rotatable bonds is 4. The number of hydrogen-bond acceptors (Lipinski definition) is 3. The maximum atomic E-state index is 12.0. The van der Waals surface area contributed by atoms with Gasteiger partial charge in [-0.3, -0.25) is 4.79 Å². The van der Waals surface area contributed by atoms with Gasteiger partial charge in [-0.2, -0.15) is 0 Å². The van der Waals surface area contributed by atoms with Crippen LogP contribution in [0.1, 0.15) is 35.9 Å². The monoisotopic (exact) mass is 271 g/mol. The number of hydrogen-bond donors (Lipinski definition) is 1. The predicted molar refractivity (Wildman–Crippen MR) is 73.0 cm³/mol. The number of thiophene rings is 1. The molecule has 2 nitrogen and oxygen atoms in total. The lowest BCUT2D eigenvalue weighted by atomic mass is 9.84. The molecule has 2 atom stereocenters. The summed E-state index contributed by atoms with van der Waals surface area (Å²) in [6, 6.07) is 3.63. The third-order valence-corrected chi connectivity index (χ3v) is 4.77. The summed E-state index contributed by atoms with van der Waals surface area (Å²) in [4.78, 5) is 12.8. The fraction of sp³-hybridized carbons (Fsp3) is 0.615. The zero-order valence-corrected chi connectivity index (χ0v) is 11.6. The second-order valence-corrected chi connectivity index (χ2v) is 6.53. The summed E-state index contributed by atoms with van der Waals surface area (Å²) in [7, 11) is 0. The van der Waals surface area contributed by atoms with E-state index < -0.39 is 0 Å². The van der Waals surface area contributed by atoms with E-state index in [1.165, 1.54) is 24.2 Å². The van der Waals surface area contributed by atoms with Crippen LogP contribution in [0.25, 0.3) is 0 Å². The van der Waals surface area contributed by atoms with Gasteiger partial charge < -0.3 is 5.32 Å². The molecule has 1 aromatic rings. The Morgan fingerprint density at radius 2 is 2.47 bits per heavy atom. The van der Waals surface area contributed by atoms with Gasteiger partial charge in [0, 0.05) is 6.42 Å². The Bertz CT molecular complexity index is 385. The van der Waals surface area contributed by atoms with Crippen LogP contribution in [0.4, 0.5) is 0 Å². The summed E-state index contributed by atoms with van der Waals surface area (Å²) >= 11 is 7.23. The molecule has 0 radical (unpaired) electrons. The molecule has 2 unspecified atom stereocenters. The maximum absolute atomic E-state index is 12.0. The molecule has 1 aromatic heterocycles. The Labute approximate surface area is 111 Å². The Morgan fingerprint density at radius 3 is 3.06 bits per heavy atom. The van der Waals surface area contributed by atoms with Gasteiger partial charge in [0.15, 0.2) is 5.78 Å². The first-order valence-corrected chi connectivity index (χ1v) is 7.35. The van der Waals surface area contributed by atoms with Crippen LogP contribution in [0.5, 0.6) is 0 Å². The molecule has 94 valence electrons. The zero-order valence-electron chi connectivity index (χ0n) is 10.0. The summed E-state index contributed by atoms with van der Waals surface area (Å²) < 4.78 is 0.695. The van der Waals surface area contributed by atoms with Gasteiger partial charge in [0.25, 0.3) is 0 Å². The molecule has 0 spiro atoms. The molecule has 1 aliphatic rings. The topological polar surface area (TPSA) is 29.1 Å². The summed E-state index contributed by atoms with van der Waals surface area (Å²) in [5.41, 5.74) is 0. The normalized spacial score (nSPS) is 22.4. The van der Waals surface area contributed by atoms with Crippen molar-refractivity contribution in [3.63, 3.8) is 0 Å². The van der Waals surface area contributed by atoms with Gasteiger partial charge in [-0.1, -0.05) is 18.5 Å². The minimum Gasteiger partial charge on any atom is -0.316 e. The fourth-order valence-corrected chi connectivity index (χ4v) is 3.38. The van der Waals surface area contributed by atoms with Crippen molar-refractivity contribution in [3.05, 3.63) is 21.3 Å². The van der Waals surface area contributed by atoms with Crippen LogP contribution < -0.4 is 5.32 Å². The molecule has 0 aromatic carbocycles. The molecule has 0 amide bonds. The Kier molecular flexibility index (Phi) is 4.60. The highest BCUT2D eigenvalue weighted by Crippen LogP contribution is 2.27. The van der Waals surface area contributed by atoms with E-state index in [-0.39, 0.29) is 5.78 Å². The predicted octanol–water partition coefficient (Wildman–Crippen LogP) is 3.61. The van der Waals surface area contributed by atoms with Crippen molar-refractivity contribution >= 4 is 28.7 Å². The minimum atomic E-state index is 0.236. The number of ketones is 1. The van der Waals surface area contributed by atoms with Crippen molar-refractivity contribution in [1.82, 2.24) is 5.32 Å². The van der Waals surface area contributed by atoms with Crippen molar-refractivity contribution in [2.75, 3.05) is 13.1 Å². The molecule has 0 saturated carbocycles. The van der Waals surface area contributed by atoms with Crippen LogP contribution >= 0.6 is 22.9 Å². The summed E-state index contributed by atoms with van der Waals surface area (Å²) in [6.45, 7) is 4.36. The van der Waals surface area contributed by atoms with Crippen LogP contribution in [-0.2, 0) is 0 Å². The van der Waals surface area contributed by atoms with Crippen molar-refractivity contribution in [2.24, 2.45) is 11.8 Å². The van der Waals surface area contributed by atoms with E-state index in [9.17, 15) is 4.79 Å². The number of Topliss-reactive ketones (excluding diaryl/α,β-unsaturated/α-hetero) is 1. The molecule has 0 bridgehead atoms. The maximum Gasteiger partial charge on any atom is 0.173 e. The third-order valence-electron chi connectivity index (χ3n) is 3.50. The molecule has 1 fully saturated rings. The third kappa shape index (κ3) is 3.54. The van der Waals surface area contributed by atoms with Gasteiger partial charge in [0.1, 0.15) is 0 Å². The Hall–Kier alpha value is -0.380. The van der Waals surface area contributed by atoms with E-state index in [1.807, 2.05) is 6.07 Å². The summed E-state index contributed by atoms with van der Waals surface area (Å²) in [5.74, 6) is 1.33. The highest BCUT2D eigenvalue weighted by Gasteiger charge is 2.22. The standard InChI is InChI=1S/C13H18ClNOS/c1-9(10-3-2-6-15-8-10)7-11(16)12-4-5-13(14)17-12/h4-5,9-10,15H,2-3,6-8H2,1H3. The minimum absolute atomic E-state index is 0.236.